The van der Waals surface area contributed by atoms with Crippen molar-refractivity contribution in [3.05, 3.63) is 0 Å². The van der Waals surface area contributed by atoms with E-state index in [-0.39, 0.29) is 5.41 Å². The van der Waals surface area contributed by atoms with Crippen molar-refractivity contribution in [1.82, 2.24) is 15.5 Å². The normalized spacial score (nSPS) is 14.6. The molecule has 0 aromatic heterocycles. The monoisotopic (exact) mass is 283 g/mol. The lowest BCUT2D eigenvalue weighted by atomic mass is 9.92. The van der Waals surface area contributed by atoms with E-state index in [1.165, 1.54) is 0 Å². The van der Waals surface area contributed by atoms with Crippen LogP contribution in [0.5, 0.6) is 0 Å². The molecule has 0 saturated heterocycles. The van der Waals surface area contributed by atoms with Gasteiger partial charge in [-0.15, -0.1) is 0 Å². The van der Waals surface area contributed by atoms with Gasteiger partial charge in [-0.3, -0.25) is 4.79 Å². The fourth-order valence-corrected chi connectivity index (χ4v) is 1.77. The number of halogens is 3. The van der Waals surface area contributed by atoms with E-state index in [0.717, 1.165) is 6.54 Å². The Labute approximate surface area is 112 Å². The second kappa shape index (κ2) is 7.09. The Morgan fingerprint density at radius 2 is 1.74 bits per heavy atom. The minimum Gasteiger partial charge on any atom is -0.346 e. The average Bonchev–Trinajstić information content (AvgIpc) is 2.19. The van der Waals surface area contributed by atoms with Crippen LogP contribution < -0.4 is 10.6 Å². The molecular formula is C12H24F3N3O. The van der Waals surface area contributed by atoms with E-state index in [4.69, 9.17) is 0 Å². The molecule has 0 aromatic rings. The van der Waals surface area contributed by atoms with Crippen LogP contribution in [-0.2, 0) is 4.79 Å². The zero-order valence-electron chi connectivity index (χ0n) is 12.2. The number of nitrogens with one attached hydrogen (secondary N) is 2. The molecule has 114 valence electrons. The molecular weight excluding hydrogens is 259 g/mol. The van der Waals surface area contributed by atoms with E-state index in [0.29, 0.717) is 6.54 Å². The lowest BCUT2D eigenvalue weighted by molar-refractivity contribution is -0.139. The quantitative estimate of drug-likeness (QED) is 0.738. The van der Waals surface area contributed by atoms with Gasteiger partial charge in [0.25, 0.3) is 0 Å². The first-order valence-electron chi connectivity index (χ1n) is 6.15. The van der Waals surface area contributed by atoms with Crippen molar-refractivity contribution >= 4 is 5.91 Å². The maximum atomic E-state index is 12.0. The number of amides is 1. The highest BCUT2D eigenvalue weighted by atomic mass is 19.4. The van der Waals surface area contributed by atoms with Gasteiger partial charge in [0, 0.05) is 13.1 Å². The summed E-state index contributed by atoms with van der Waals surface area (Å²) in [6, 6.07) is -0.649. The first kappa shape index (κ1) is 18.2. The van der Waals surface area contributed by atoms with Gasteiger partial charge in [0.15, 0.2) is 0 Å². The van der Waals surface area contributed by atoms with Crippen LogP contribution in [0, 0.1) is 5.41 Å². The van der Waals surface area contributed by atoms with E-state index in [9.17, 15) is 18.0 Å². The number of hydrogen-bond donors (Lipinski definition) is 2. The number of alkyl halides is 3. The summed E-state index contributed by atoms with van der Waals surface area (Å²) in [6.45, 7) is 5.68. The van der Waals surface area contributed by atoms with E-state index in [1.807, 2.05) is 38.2 Å². The van der Waals surface area contributed by atoms with Crippen molar-refractivity contribution in [2.75, 3.05) is 33.7 Å². The molecule has 0 aliphatic carbocycles. The topological polar surface area (TPSA) is 44.4 Å². The molecule has 1 atom stereocenters. The Morgan fingerprint density at radius 1 is 1.21 bits per heavy atom. The maximum absolute atomic E-state index is 12.0. The van der Waals surface area contributed by atoms with Gasteiger partial charge in [0.1, 0.15) is 6.54 Å². The maximum Gasteiger partial charge on any atom is 0.405 e. The fraction of sp³-hybridized carbons (Fsp3) is 0.917. The molecule has 1 unspecified atom stereocenters. The van der Waals surface area contributed by atoms with Gasteiger partial charge >= 0.3 is 6.18 Å². The molecule has 0 heterocycles. The minimum absolute atomic E-state index is 0.0674. The van der Waals surface area contributed by atoms with Crippen LogP contribution in [0.4, 0.5) is 13.2 Å². The van der Waals surface area contributed by atoms with Crippen LogP contribution in [0.1, 0.15) is 20.8 Å². The third kappa shape index (κ3) is 9.72. The van der Waals surface area contributed by atoms with Crippen molar-refractivity contribution in [2.24, 2.45) is 5.41 Å². The van der Waals surface area contributed by atoms with Crippen LogP contribution in [0.3, 0.4) is 0 Å². The molecule has 7 heteroatoms. The van der Waals surface area contributed by atoms with Crippen molar-refractivity contribution in [2.45, 2.75) is 33.0 Å². The number of hydrogen-bond acceptors (Lipinski definition) is 3. The first-order valence-corrected chi connectivity index (χ1v) is 6.15. The standard InChI is InChI=1S/C12H24F3N3O/c1-9(10(19)17-7-12(13,14)15)16-6-11(2,3)8-18(4)5/h9,16H,6-8H2,1-5H3,(H,17,19). The van der Waals surface area contributed by atoms with Gasteiger partial charge in [-0.2, -0.15) is 13.2 Å². The third-order valence-electron chi connectivity index (χ3n) is 2.49. The Kier molecular flexibility index (Phi) is 6.79. The van der Waals surface area contributed by atoms with Gasteiger partial charge in [-0.1, -0.05) is 13.8 Å². The predicted octanol–water partition coefficient (Wildman–Crippen LogP) is 1.23. The molecule has 0 aliphatic rings. The van der Waals surface area contributed by atoms with Crippen molar-refractivity contribution in [1.29, 1.82) is 0 Å². The smallest absolute Gasteiger partial charge is 0.346 e. The summed E-state index contributed by atoms with van der Waals surface area (Å²) in [6.07, 6.45) is -4.38. The zero-order chi connectivity index (χ0) is 15.3. The minimum atomic E-state index is -4.38. The van der Waals surface area contributed by atoms with Crippen molar-refractivity contribution < 1.29 is 18.0 Å². The zero-order valence-corrected chi connectivity index (χ0v) is 12.2. The van der Waals surface area contributed by atoms with Crippen LogP contribution in [0.2, 0.25) is 0 Å². The molecule has 19 heavy (non-hydrogen) atoms. The van der Waals surface area contributed by atoms with Gasteiger partial charge in [-0.05, 0) is 26.4 Å². The van der Waals surface area contributed by atoms with Gasteiger partial charge in [0.05, 0.1) is 6.04 Å². The van der Waals surface area contributed by atoms with Crippen LogP contribution in [-0.4, -0.2) is 56.8 Å². The van der Waals surface area contributed by atoms with Crippen LogP contribution in [0.15, 0.2) is 0 Å². The van der Waals surface area contributed by atoms with Crippen molar-refractivity contribution in [3.63, 3.8) is 0 Å². The van der Waals surface area contributed by atoms with Gasteiger partial charge in [0.2, 0.25) is 5.91 Å². The molecule has 0 saturated carbocycles. The molecule has 0 spiro atoms. The number of nitrogens with zero attached hydrogens (tertiary/aromatic N) is 1. The molecule has 0 aliphatic heterocycles. The summed E-state index contributed by atoms with van der Waals surface area (Å²) in [5, 5.41) is 4.82. The highest BCUT2D eigenvalue weighted by molar-refractivity contribution is 5.81. The molecule has 0 radical (unpaired) electrons. The second-order valence-electron chi connectivity index (χ2n) is 5.84. The summed E-state index contributed by atoms with van der Waals surface area (Å²) >= 11 is 0. The highest BCUT2D eigenvalue weighted by Gasteiger charge is 2.29. The van der Waals surface area contributed by atoms with Gasteiger partial charge in [-0.25, -0.2) is 0 Å². The Balaban J connectivity index is 4.10. The molecule has 0 aromatic carbocycles. The summed E-state index contributed by atoms with van der Waals surface area (Å²) < 4.78 is 35.9. The second-order valence-corrected chi connectivity index (χ2v) is 5.84. The third-order valence-corrected chi connectivity index (χ3v) is 2.49. The Hall–Kier alpha value is -0.820. The van der Waals surface area contributed by atoms with E-state index >= 15 is 0 Å². The molecule has 2 N–H and O–H groups in total. The van der Waals surface area contributed by atoms with Gasteiger partial charge < -0.3 is 15.5 Å². The summed E-state index contributed by atoms with van der Waals surface area (Å²) in [4.78, 5) is 13.5. The molecule has 0 rings (SSSR count). The predicted molar refractivity (Wildman–Crippen MR) is 68.9 cm³/mol. The summed E-state index contributed by atoms with van der Waals surface area (Å²) in [5.74, 6) is -0.641. The van der Waals surface area contributed by atoms with E-state index in [1.54, 1.807) is 6.92 Å². The molecule has 0 bridgehead atoms. The SMILES string of the molecule is CC(NCC(C)(C)CN(C)C)C(=O)NCC(F)(F)F. The highest BCUT2D eigenvalue weighted by Crippen LogP contribution is 2.15. The van der Waals surface area contributed by atoms with E-state index in [2.05, 4.69) is 5.32 Å². The molecule has 4 nitrogen and oxygen atoms in total. The Morgan fingerprint density at radius 3 is 2.16 bits per heavy atom. The van der Waals surface area contributed by atoms with Crippen molar-refractivity contribution in [3.8, 4) is 0 Å². The molecule has 0 fully saturated rings. The average molecular weight is 283 g/mol. The number of carbonyl (C=O) groups excluding carboxylic acids is 1. The van der Waals surface area contributed by atoms with E-state index < -0.39 is 24.7 Å². The lowest BCUT2D eigenvalue weighted by Crippen LogP contribution is -2.48. The van der Waals surface area contributed by atoms with Crippen LogP contribution in [0.25, 0.3) is 0 Å². The number of rotatable bonds is 7. The number of carbonyl (C=O) groups is 1. The molecule has 1 amide bonds. The fourth-order valence-electron chi connectivity index (χ4n) is 1.77. The Bertz CT molecular complexity index is 290. The lowest BCUT2D eigenvalue weighted by Gasteiger charge is -2.29. The summed E-state index contributed by atoms with van der Waals surface area (Å²) in [7, 11) is 3.89. The van der Waals surface area contributed by atoms with Crippen LogP contribution >= 0.6 is 0 Å². The first-order chi connectivity index (χ1) is 8.43. The summed E-state index contributed by atoms with van der Waals surface area (Å²) in [5.41, 5.74) is -0.0674. The largest absolute Gasteiger partial charge is 0.405 e.